The second-order valence-corrected chi connectivity index (χ2v) is 8.07. The monoisotopic (exact) mass is 320 g/mol. The van der Waals surface area contributed by atoms with E-state index in [4.69, 9.17) is 9.84 Å². The Morgan fingerprint density at radius 3 is 2.48 bits per heavy atom. The number of carboxylic acid groups (broad SMARTS) is 1. The Kier molecular flexibility index (Phi) is 4.43. The first-order chi connectivity index (χ1) is 9.71. The number of urea groups is 1. The van der Waals surface area contributed by atoms with Crippen LogP contribution in [0.5, 0.6) is 0 Å². The van der Waals surface area contributed by atoms with Crippen molar-refractivity contribution < 1.29 is 27.9 Å². The summed E-state index contributed by atoms with van der Waals surface area (Å²) in [5, 5.41) is 8.59. The van der Waals surface area contributed by atoms with Crippen LogP contribution in [0.2, 0.25) is 0 Å². The first-order valence-corrected chi connectivity index (χ1v) is 8.63. The summed E-state index contributed by atoms with van der Waals surface area (Å²) in [5.74, 6) is -0.922. The summed E-state index contributed by atoms with van der Waals surface area (Å²) >= 11 is 0. The summed E-state index contributed by atoms with van der Waals surface area (Å²) in [4.78, 5) is 25.8. The van der Waals surface area contributed by atoms with E-state index in [1.807, 2.05) is 0 Å². The highest BCUT2D eigenvalue weighted by atomic mass is 32.2. The number of sulfone groups is 1. The molecule has 21 heavy (non-hydrogen) atoms. The second kappa shape index (κ2) is 5.80. The van der Waals surface area contributed by atoms with Gasteiger partial charge < -0.3 is 19.6 Å². The zero-order valence-electron chi connectivity index (χ0n) is 11.9. The van der Waals surface area contributed by atoms with Crippen molar-refractivity contribution in [3.8, 4) is 0 Å². The molecule has 2 amide bonds. The lowest BCUT2D eigenvalue weighted by Gasteiger charge is -2.48. The fourth-order valence-electron chi connectivity index (χ4n) is 2.55. The van der Waals surface area contributed by atoms with Crippen LogP contribution in [-0.4, -0.2) is 85.2 Å². The van der Waals surface area contributed by atoms with E-state index in [2.05, 4.69) is 0 Å². The molecule has 0 saturated carbocycles. The molecule has 0 bridgehead atoms. The Morgan fingerprint density at radius 1 is 1.19 bits per heavy atom. The SMILES string of the molecule is CC1(OCC(=O)O)CN(C(=O)N2CCCS(=O)(=O)CC2)C1. The zero-order chi connectivity index (χ0) is 15.7. The van der Waals surface area contributed by atoms with Crippen LogP contribution >= 0.6 is 0 Å². The van der Waals surface area contributed by atoms with Gasteiger partial charge in [-0.25, -0.2) is 18.0 Å². The molecular formula is C12H20N2O6S. The van der Waals surface area contributed by atoms with Crippen molar-refractivity contribution in [1.82, 2.24) is 9.80 Å². The number of carboxylic acids is 1. The van der Waals surface area contributed by atoms with Crippen molar-refractivity contribution in [3.63, 3.8) is 0 Å². The summed E-state index contributed by atoms with van der Waals surface area (Å²) < 4.78 is 28.3. The van der Waals surface area contributed by atoms with Gasteiger partial charge in [-0.3, -0.25) is 0 Å². The maximum Gasteiger partial charge on any atom is 0.329 e. The van der Waals surface area contributed by atoms with Gasteiger partial charge in [0.05, 0.1) is 24.6 Å². The highest BCUT2D eigenvalue weighted by Gasteiger charge is 2.44. The number of aliphatic carboxylic acids is 1. The smallest absolute Gasteiger partial charge is 0.329 e. The van der Waals surface area contributed by atoms with Crippen LogP contribution in [0.3, 0.4) is 0 Å². The van der Waals surface area contributed by atoms with E-state index in [1.54, 1.807) is 16.7 Å². The summed E-state index contributed by atoms with van der Waals surface area (Å²) in [6, 6.07) is -0.205. The number of carbonyl (C=O) groups excluding carboxylic acids is 1. The van der Waals surface area contributed by atoms with Gasteiger partial charge in [-0.2, -0.15) is 0 Å². The molecule has 9 heteroatoms. The minimum atomic E-state index is -3.04. The number of likely N-dealkylation sites (tertiary alicyclic amines) is 1. The lowest BCUT2D eigenvalue weighted by Crippen LogP contribution is -2.65. The first-order valence-electron chi connectivity index (χ1n) is 6.81. The molecule has 8 nitrogen and oxygen atoms in total. The van der Waals surface area contributed by atoms with Gasteiger partial charge in [0.15, 0.2) is 9.84 Å². The average molecular weight is 320 g/mol. The lowest BCUT2D eigenvalue weighted by atomic mass is 9.97. The molecule has 0 atom stereocenters. The van der Waals surface area contributed by atoms with E-state index in [0.717, 1.165) is 0 Å². The number of hydrogen-bond acceptors (Lipinski definition) is 5. The molecule has 0 unspecified atom stereocenters. The third kappa shape index (κ3) is 4.07. The molecule has 120 valence electrons. The normalized spacial score (nSPS) is 24.0. The van der Waals surface area contributed by atoms with Gasteiger partial charge in [-0.1, -0.05) is 0 Å². The maximum atomic E-state index is 12.3. The van der Waals surface area contributed by atoms with E-state index in [0.29, 0.717) is 26.1 Å². The topological polar surface area (TPSA) is 104 Å². The molecule has 0 spiro atoms. The lowest BCUT2D eigenvalue weighted by molar-refractivity contribution is -0.160. The van der Waals surface area contributed by atoms with Gasteiger partial charge in [0.2, 0.25) is 0 Å². The predicted molar refractivity (Wildman–Crippen MR) is 73.8 cm³/mol. The number of rotatable bonds is 3. The van der Waals surface area contributed by atoms with Crippen LogP contribution in [0.25, 0.3) is 0 Å². The fraction of sp³-hybridized carbons (Fsp3) is 0.833. The number of ether oxygens (including phenoxy) is 1. The van der Waals surface area contributed by atoms with Crippen molar-refractivity contribution in [1.29, 1.82) is 0 Å². The molecule has 0 aromatic carbocycles. The van der Waals surface area contributed by atoms with Gasteiger partial charge in [0.1, 0.15) is 12.2 Å². The van der Waals surface area contributed by atoms with Gasteiger partial charge >= 0.3 is 12.0 Å². The minimum Gasteiger partial charge on any atom is -0.480 e. The highest BCUT2D eigenvalue weighted by Crippen LogP contribution is 2.26. The van der Waals surface area contributed by atoms with E-state index < -0.39 is 21.4 Å². The summed E-state index contributed by atoms with van der Waals surface area (Å²) in [5.41, 5.74) is -0.633. The number of carbonyl (C=O) groups is 2. The van der Waals surface area contributed by atoms with Crippen LogP contribution in [-0.2, 0) is 19.4 Å². The van der Waals surface area contributed by atoms with Crippen LogP contribution in [0.15, 0.2) is 0 Å². The zero-order valence-corrected chi connectivity index (χ0v) is 12.8. The molecule has 0 aromatic rings. The predicted octanol–water partition coefficient (Wildman–Crippen LogP) is -0.598. The van der Waals surface area contributed by atoms with E-state index in [-0.39, 0.29) is 30.7 Å². The Morgan fingerprint density at radius 2 is 1.86 bits per heavy atom. The van der Waals surface area contributed by atoms with Crippen LogP contribution in [0.1, 0.15) is 13.3 Å². The Bertz CT molecular complexity index is 526. The highest BCUT2D eigenvalue weighted by molar-refractivity contribution is 7.91. The van der Waals surface area contributed by atoms with Crippen molar-refractivity contribution in [2.45, 2.75) is 18.9 Å². The Labute approximate surface area is 123 Å². The van der Waals surface area contributed by atoms with E-state index in [1.165, 1.54) is 0 Å². The van der Waals surface area contributed by atoms with E-state index in [9.17, 15) is 18.0 Å². The largest absolute Gasteiger partial charge is 0.480 e. The van der Waals surface area contributed by atoms with Gasteiger partial charge in [-0.15, -0.1) is 0 Å². The molecule has 1 N–H and O–H groups in total. The summed E-state index contributed by atoms with van der Waals surface area (Å²) in [6.07, 6.45) is 0.453. The standard InChI is InChI=1S/C12H20N2O6S/c1-12(20-7-10(15)16)8-14(9-12)11(17)13-3-2-5-21(18,19)6-4-13/h2-9H2,1H3,(H,15,16). The number of nitrogens with zero attached hydrogens (tertiary/aromatic N) is 2. The molecule has 0 aliphatic carbocycles. The van der Waals surface area contributed by atoms with Crippen LogP contribution < -0.4 is 0 Å². The van der Waals surface area contributed by atoms with Crippen molar-refractivity contribution in [3.05, 3.63) is 0 Å². The second-order valence-electron chi connectivity index (χ2n) is 5.76. The average Bonchev–Trinajstić information content (AvgIpc) is 2.53. The van der Waals surface area contributed by atoms with Crippen molar-refractivity contribution >= 4 is 21.8 Å². The maximum absolute atomic E-state index is 12.3. The fourth-order valence-corrected chi connectivity index (χ4v) is 3.83. The van der Waals surface area contributed by atoms with Crippen LogP contribution in [0, 0.1) is 0 Å². The third-order valence-corrected chi connectivity index (χ3v) is 5.41. The molecule has 2 heterocycles. The molecule has 2 fully saturated rings. The molecule has 0 aromatic heterocycles. The van der Waals surface area contributed by atoms with Crippen molar-refractivity contribution in [2.75, 3.05) is 44.3 Å². The molecule has 2 aliphatic rings. The summed E-state index contributed by atoms with van der Waals surface area (Å²) in [6.45, 7) is 2.66. The number of amides is 2. The van der Waals surface area contributed by atoms with E-state index >= 15 is 0 Å². The molecule has 2 saturated heterocycles. The third-order valence-electron chi connectivity index (χ3n) is 3.69. The minimum absolute atomic E-state index is 0.000633. The molecule has 0 radical (unpaired) electrons. The number of hydrogen-bond donors (Lipinski definition) is 1. The quantitative estimate of drug-likeness (QED) is 0.745. The molecule has 2 rings (SSSR count). The molecule has 2 aliphatic heterocycles. The van der Waals surface area contributed by atoms with Gasteiger partial charge in [0, 0.05) is 13.1 Å². The van der Waals surface area contributed by atoms with Crippen LogP contribution in [0.4, 0.5) is 4.79 Å². The summed E-state index contributed by atoms with van der Waals surface area (Å²) in [7, 11) is -3.04. The first kappa shape index (κ1) is 16.0. The molecular weight excluding hydrogens is 300 g/mol. The Balaban J connectivity index is 1.84. The van der Waals surface area contributed by atoms with Gasteiger partial charge in [-0.05, 0) is 13.3 Å². The van der Waals surface area contributed by atoms with Crippen molar-refractivity contribution in [2.24, 2.45) is 0 Å². The Hall–Kier alpha value is -1.35. The van der Waals surface area contributed by atoms with Gasteiger partial charge in [0.25, 0.3) is 0 Å².